The minimum absolute atomic E-state index is 0.0154. The number of thioether (sulfide) groups is 1. The van der Waals surface area contributed by atoms with Crippen LogP contribution in [0.1, 0.15) is 40.3 Å². The Bertz CT molecular complexity index is 1260. The minimum Gasteiger partial charge on any atom is -0.342 e. The van der Waals surface area contributed by atoms with Crippen molar-refractivity contribution in [2.24, 2.45) is 0 Å². The lowest BCUT2D eigenvalue weighted by atomic mass is 10.1. The Kier molecular flexibility index (Phi) is 8.37. The van der Waals surface area contributed by atoms with Crippen LogP contribution in [0.25, 0.3) is 0 Å². The van der Waals surface area contributed by atoms with Gasteiger partial charge in [0.1, 0.15) is 0 Å². The molecule has 0 radical (unpaired) electrons. The molecule has 1 heterocycles. The predicted molar refractivity (Wildman–Crippen MR) is 134 cm³/mol. The number of allylic oxidation sites excluding steroid dienone is 1. The predicted octanol–water partition coefficient (Wildman–Crippen LogP) is 4.21. The van der Waals surface area contributed by atoms with Gasteiger partial charge in [-0.15, -0.1) is 16.8 Å². The number of aryl methyl sites for hydroxylation is 2. The van der Waals surface area contributed by atoms with Gasteiger partial charge in [-0.1, -0.05) is 41.6 Å². The Balaban J connectivity index is 1.68. The van der Waals surface area contributed by atoms with Crippen molar-refractivity contribution in [3.63, 3.8) is 0 Å². The van der Waals surface area contributed by atoms with Gasteiger partial charge in [0.2, 0.25) is 5.91 Å². The van der Waals surface area contributed by atoms with Crippen LogP contribution in [0, 0.1) is 24.0 Å². The van der Waals surface area contributed by atoms with Crippen molar-refractivity contribution in [1.29, 1.82) is 0 Å². The van der Waals surface area contributed by atoms with Gasteiger partial charge in [-0.2, -0.15) is 0 Å². The smallest absolute Gasteiger partial charge is 0.271 e. The molecule has 0 bridgehead atoms. The average Bonchev–Trinajstić information content (AvgIpc) is 3.22. The number of amides is 2. The molecule has 182 valence electrons. The summed E-state index contributed by atoms with van der Waals surface area (Å²) < 4.78 is 1.78. The van der Waals surface area contributed by atoms with Gasteiger partial charge in [0.15, 0.2) is 11.0 Å². The Morgan fingerprint density at radius 1 is 1.20 bits per heavy atom. The first-order valence-electron chi connectivity index (χ1n) is 10.8. The third kappa shape index (κ3) is 6.54. The van der Waals surface area contributed by atoms with Crippen molar-refractivity contribution in [2.75, 3.05) is 11.1 Å². The van der Waals surface area contributed by atoms with Gasteiger partial charge >= 0.3 is 0 Å². The first-order chi connectivity index (χ1) is 16.7. The molecule has 10 nitrogen and oxygen atoms in total. The van der Waals surface area contributed by atoms with E-state index in [1.54, 1.807) is 35.8 Å². The summed E-state index contributed by atoms with van der Waals surface area (Å²) in [5, 5.41) is 25.5. The number of hydrogen-bond acceptors (Lipinski definition) is 7. The quantitative estimate of drug-likeness (QED) is 0.187. The second-order valence-corrected chi connectivity index (χ2v) is 8.84. The molecule has 1 aromatic heterocycles. The summed E-state index contributed by atoms with van der Waals surface area (Å²) in [4.78, 5) is 35.6. The molecule has 0 aliphatic heterocycles. The zero-order chi connectivity index (χ0) is 25.5. The largest absolute Gasteiger partial charge is 0.342 e. The number of carbonyl (C=O) groups is 2. The van der Waals surface area contributed by atoms with E-state index in [1.807, 2.05) is 26.0 Å². The molecule has 0 spiro atoms. The highest BCUT2D eigenvalue weighted by Gasteiger charge is 2.21. The van der Waals surface area contributed by atoms with Crippen molar-refractivity contribution < 1.29 is 14.5 Å². The van der Waals surface area contributed by atoms with E-state index >= 15 is 0 Å². The fraction of sp³-hybridized carbons (Fsp3) is 0.250. The lowest BCUT2D eigenvalue weighted by molar-refractivity contribution is -0.384. The highest BCUT2D eigenvalue weighted by atomic mass is 32.2. The van der Waals surface area contributed by atoms with E-state index in [4.69, 9.17) is 0 Å². The van der Waals surface area contributed by atoms with Crippen LogP contribution in [0.15, 0.2) is 60.3 Å². The van der Waals surface area contributed by atoms with Crippen molar-refractivity contribution >= 4 is 35.0 Å². The summed E-state index contributed by atoms with van der Waals surface area (Å²) in [6.45, 7) is 9.67. The van der Waals surface area contributed by atoms with E-state index in [1.165, 1.54) is 23.9 Å². The zero-order valence-electron chi connectivity index (χ0n) is 19.6. The summed E-state index contributed by atoms with van der Waals surface area (Å²) in [7, 11) is 0. The molecule has 0 aliphatic rings. The van der Waals surface area contributed by atoms with Crippen LogP contribution in [0.3, 0.4) is 0 Å². The number of non-ortho nitro benzene ring substituents is 1. The van der Waals surface area contributed by atoms with Gasteiger partial charge in [0, 0.05) is 24.2 Å². The monoisotopic (exact) mass is 494 g/mol. The average molecular weight is 495 g/mol. The van der Waals surface area contributed by atoms with E-state index in [0.717, 1.165) is 5.56 Å². The summed E-state index contributed by atoms with van der Waals surface area (Å²) in [5.74, 6) is -0.0231. The molecule has 2 N–H and O–H groups in total. The number of hydrogen-bond donors (Lipinski definition) is 2. The number of nitrogens with zero attached hydrogens (tertiary/aromatic N) is 4. The first-order valence-corrected chi connectivity index (χ1v) is 11.8. The van der Waals surface area contributed by atoms with E-state index in [-0.39, 0.29) is 23.3 Å². The number of nitro benzene ring substituents is 1. The Hall–Kier alpha value is -3.99. The van der Waals surface area contributed by atoms with Gasteiger partial charge in [0.25, 0.3) is 11.6 Å². The van der Waals surface area contributed by atoms with E-state index in [2.05, 4.69) is 27.4 Å². The number of benzene rings is 2. The Labute approximate surface area is 207 Å². The fourth-order valence-corrected chi connectivity index (χ4v) is 4.01. The van der Waals surface area contributed by atoms with Gasteiger partial charge in [0.05, 0.1) is 22.4 Å². The molecule has 0 fully saturated rings. The standard InChI is InChI=1S/C24H26N6O4S/c1-5-12-29-22(17(4)25-23(32)18-9-6-15(2)7-10-18)27-28-24(29)35-14-21(31)26-20-13-19(30(33)34)11-8-16(20)3/h5-11,13,17H,1,12,14H2,2-4H3,(H,25,32)(H,26,31)/t17-/m1/s1. The second-order valence-electron chi connectivity index (χ2n) is 7.89. The number of nitro groups is 1. The molecule has 3 aromatic rings. The topological polar surface area (TPSA) is 132 Å². The van der Waals surface area contributed by atoms with Crippen LogP contribution < -0.4 is 10.6 Å². The SMILES string of the molecule is C=CCn1c(SCC(=O)Nc2cc([N+](=O)[O-])ccc2C)nnc1[C@@H](C)NC(=O)c1ccc(C)cc1. The fourth-order valence-electron chi connectivity index (χ4n) is 3.25. The zero-order valence-corrected chi connectivity index (χ0v) is 20.5. The Morgan fingerprint density at radius 2 is 1.91 bits per heavy atom. The van der Waals surface area contributed by atoms with Crippen LogP contribution in [0.2, 0.25) is 0 Å². The molecule has 0 aliphatic carbocycles. The number of rotatable bonds is 10. The van der Waals surface area contributed by atoms with Crippen LogP contribution in [-0.4, -0.2) is 37.3 Å². The normalized spacial score (nSPS) is 11.5. The lowest BCUT2D eigenvalue weighted by Gasteiger charge is -2.15. The van der Waals surface area contributed by atoms with Gasteiger partial charge in [-0.25, -0.2) is 0 Å². The molecular formula is C24H26N6O4S. The van der Waals surface area contributed by atoms with Gasteiger partial charge < -0.3 is 15.2 Å². The van der Waals surface area contributed by atoms with E-state index in [0.29, 0.717) is 34.3 Å². The molecule has 0 saturated heterocycles. The summed E-state index contributed by atoms with van der Waals surface area (Å²) in [6, 6.07) is 11.1. The number of carbonyl (C=O) groups excluding carboxylic acids is 2. The maximum Gasteiger partial charge on any atom is 0.271 e. The third-order valence-electron chi connectivity index (χ3n) is 5.14. The van der Waals surface area contributed by atoms with Crippen molar-refractivity contribution in [2.45, 2.75) is 38.5 Å². The van der Waals surface area contributed by atoms with Gasteiger partial charge in [-0.3, -0.25) is 19.7 Å². The van der Waals surface area contributed by atoms with Crippen LogP contribution in [0.4, 0.5) is 11.4 Å². The van der Waals surface area contributed by atoms with Crippen molar-refractivity contribution in [3.05, 3.63) is 87.7 Å². The first kappa shape index (κ1) is 25.6. The molecule has 2 aromatic carbocycles. The summed E-state index contributed by atoms with van der Waals surface area (Å²) in [6.07, 6.45) is 1.68. The van der Waals surface area contributed by atoms with E-state index in [9.17, 15) is 19.7 Å². The second kappa shape index (κ2) is 11.4. The summed E-state index contributed by atoms with van der Waals surface area (Å²) >= 11 is 1.17. The van der Waals surface area contributed by atoms with Crippen LogP contribution >= 0.6 is 11.8 Å². The van der Waals surface area contributed by atoms with E-state index < -0.39 is 11.0 Å². The minimum atomic E-state index is -0.512. The molecule has 11 heteroatoms. The maximum absolute atomic E-state index is 12.6. The lowest BCUT2D eigenvalue weighted by Crippen LogP contribution is -2.28. The maximum atomic E-state index is 12.6. The molecule has 0 unspecified atom stereocenters. The molecular weight excluding hydrogens is 468 g/mol. The molecule has 0 saturated carbocycles. The van der Waals surface area contributed by atoms with Crippen molar-refractivity contribution in [3.8, 4) is 0 Å². The highest BCUT2D eigenvalue weighted by Crippen LogP contribution is 2.24. The number of aromatic nitrogens is 3. The van der Waals surface area contributed by atoms with Crippen LogP contribution in [0.5, 0.6) is 0 Å². The number of anilines is 1. The molecule has 2 amide bonds. The number of nitrogens with one attached hydrogen (secondary N) is 2. The van der Waals surface area contributed by atoms with Gasteiger partial charge in [-0.05, 0) is 38.5 Å². The molecule has 35 heavy (non-hydrogen) atoms. The Morgan fingerprint density at radius 3 is 2.57 bits per heavy atom. The van der Waals surface area contributed by atoms with Crippen molar-refractivity contribution in [1.82, 2.24) is 20.1 Å². The third-order valence-corrected chi connectivity index (χ3v) is 6.11. The summed E-state index contributed by atoms with van der Waals surface area (Å²) in [5.41, 5.74) is 2.59. The molecule has 1 atom stereocenters. The van der Waals surface area contributed by atoms with Crippen LogP contribution in [-0.2, 0) is 11.3 Å². The molecule has 3 rings (SSSR count). The highest BCUT2D eigenvalue weighted by molar-refractivity contribution is 7.99.